The number of halogens is 2. The summed E-state index contributed by atoms with van der Waals surface area (Å²) in [5.74, 6) is 0.396. The number of hydrogen-bond donors (Lipinski definition) is 2. The molecule has 0 aliphatic carbocycles. The fourth-order valence-electron chi connectivity index (χ4n) is 1.91. The van der Waals surface area contributed by atoms with Gasteiger partial charge in [-0.1, -0.05) is 6.07 Å². The van der Waals surface area contributed by atoms with Gasteiger partial charge in [0.15, 0.2) is 0 Å². The third-order valence-electron chi connectivity index (χ3n) is 2.87. The highest BCUT2D eigenvalue weighted by Gasteiger charge is 2.05. The van der Waals surface area contributed by atoms with Gasteiger partial charge in [0.05, 0.1) is 4.47 Å². The highest BCUT2D eigenvalue weighted by Crippen LogP contribution is 2.18. The molecule has 104 valence electrons. The van der Waals surface area contributed by atoms with Crippen LogP contribution in [0, 0.1) is 5.82 Å². The summed E-state index contributed by atoms with van der Waals surface area (Å²) >= 11 is 3.14. The number of benzene rings is 1. The summed E-state index contributed by atoms with van der Waals surface area (Å²) in [6.45, 7) is 1.64. The zero-order valence-electron chi connectivity index (χ0n) is 11.1. The lowest BCUT2D eigenvalue weighted by molar-refractivity contribution is 0.586. The summed E-state index contributed by atoms with van der Waals surface area (Å²) in [4.78, 5) is 4.12. The first-order valence-corrected chi connectivity index (χ1v) is 7.17. The summed E-state index contributed by atoms with van der Waals surface area (Å²) in [6.07, 6.45) is 3.24. The Morgan fingerprint density at radius 2 is 1.95 bits per heavy atom. The monoisotopic (exact) mass is 336 g/mol. The van der Waals surface area contributed by atoms with Crippen LogP contribution < -0.4 is 5.23 Å². The van der Waals surface area contributed by atoms with Crippen molar-refractivity contribution >= 4 is 28.8 Å². The molecule has 2 aromatic rings. The number of aromatic nitrogens is 1. The molecular formula is C14H15BBrFN2O. The van der Waals surface area contributed by atoms with Crippen LogP contribution >= 0.6 is 15.9 Å². The lowest BCUT2D eigenvalue weighted by Crippen LogP contribution is -2.20. The Bertz CT molecular complexity index is 595. The van der Waals surface area contributed by atoms with Crippen molar-refractivity contribution in [2.75, 3.05) is 5.23 Å². The minimum Gasteiger partial charge on any atom is -0.433 e. The summed E-state index contributed by atoms with van der Waals surface area (Å²) in [5, 5.41) is 12.1. The predicted octanol–water partition coefficient (Wildman–Crippen LogP) is 3.29. The number of rotatable bonds is 5. The molecule has 6 heteroatoms. The molecule has 0 atom stereocenters. The van der Waals surface area contributed by atoms with Crippen molar-refractivity contribution in [1.82, 2.24) is 4.98 Å². The van der Waals surface area contributed by atoms with Crippen molar-refractivity contribution in [3.8, 4) is 0 Å². The third-order valence-corrected chi connectivity index (χ3v) is 3.51. The Morgan fingerprint density at radius 1 is 1.25 bits per heavy atom. The molecule has 20 heavy (non-hydrogen) atoms. The fourth-order valence-corrected chi connectivity index (χ4v) is 2.15. The maximum Gasteiger partial charge on any atom is 0.408 e. The lowest BCUT2D eigenvalue weighted by atomic mass is 9.89. The van der Waals surface area contributed by atoms with Gasteiger partial charge in [0.1, 0.15) is 11.6 Å². The minimum absolute atomic E-state index is 0.242. The van der Waals surface area contributed by atoms with Crippen molar-refractivity contribution in [2.45, 2.75) is 19.7 Å². The second kappa shape index (κ2) is 6.86. The van der Waals surface area contributed by atoms with Crippen molar-refractivity contribution < 1.29 is 9.41 Å². The normalized spacial score (nSPS) is 10.4. The number of nitrogens with zero attached hydrogens (tertiary/aromatic N) is 1. The van der Waals surface area contributed by atoms with Crippen LogP contribution in [-0.4, -0.2) is 17.1 Å². The molecule has 0 saturated heterocycles. The average molecular weight is 337 g/mol. The van der Waals surface area contributed by atoms with Crippen LogP contribution in [0.4, 0.5) is 10.2 Å². The number of pyridine rings is 1. The van der Waals surface area contributed by atoms with E-state index in [4.69, 9.17) is 0 Å². The number of nitrogens with one attached hydrogen (secondary N) is 1. The zero-order valence-corrected chi connectivity index (χ0v) is 12.7. The Hall–Kier alpha value is -1.40. The van der Waals surface area contributed by atoms with Gasteiger partial charge in [0, 0.05) is 6.20 Å². The van der Waals surface area contributed by atoms with E-state index in [0.717, 1.165) is 24.0 Å². The van der Waals surface area contributed by atoms with Crippen LogP contribution in [0.5, 0.6) is 0 Å². The maximum absolute atomic E-state index is 13.4. The van der Waals surface area contributed by atoms with Crippen molar-refractivity contribution in [2.24, 2.45) is 0 Å². The first-order chi connectivity index (χ1) is 9.54. The summed E-state index contributed by atoms with van der Waals surface area (Å²) in [5.41, 5.74) is 2.04. The average Bonchev–Trinajstić information content (AvgIpc) is 2.40. The van der Waals surface area contributed by atoms with E-state index < -0.39 is 7.05 Å². The van der Waals surface area contributed by atoms with E-state index in [2.05, 4.69) is 26.1 Å². The lowest BCUT2D eigenvalue weighted by Gasteiger charge is -2.07. The van der Waals surface area contributed by atoms with Crippen LogP contribution in [0.3, 0.4) is 0 Å². The van der Waals surface area contributed by atoms with Gasteiger partial charge in [-0.15, -0.1) is 0 Å². The van der Waals surface area contributed by atoms with Gasteiger partial charge in [-0.3, -0.25) is 0 Å². The van der Waals surface area contributed by atoms with Crippen LogP contribution in [0.15, 0.2) is 41.0 Å². The SMILES string of the molecule is CB(O)Nc1cc(CCc2ccc(Br)c(F)c2)ccn1. The van der Waals surface area contributed by atoms with Crippen LogP contribution in [0.25, 0.3) is 0 Å². The molecule has 3 nitrogen and oxygen atoms in total. The van der Waals surface area contributed by atoms with Gasteiger partial charge in [0.2, 0.25) is 0 Å². The van der Waals surface area contributed by atoms with Crippen molar-refractivity contribution in [1.29, 1.82) is 0 Å². The largest absolute Gasteiger partial charge is 0.433 e. The highest BCUT2D eigenvalue weighted by atomic mass is 79.9. The molecule has 0 aliphatic rings. The molecule has 0 spiro atoms. The third kappa shape index (κ3) is 4.32. The number of aryl methyl sites for hydroxylation is 2. The molecule has 1 aromatic heterocycles. The zero-order chi connectivity index (χ0) is 14.5. The van der Waals surface area contributed by atoms with Crippen LogP contribution in [0.2, 0.25) is 6.82 Å². The van der Waals surface area contributed by atoms with Crippen LogP contribution in [0.1, 0.15) is 11.1 Å². The standard InChI is InChI=1S/C14H15BBrFN2O/c1-15(20)19-14-9-11(6-7-18-14)3-2-10-4-5-12(16)13(17)8-10/h4-9,20H,2-3H2,1H3,(H,18,19). The number of hydrogen-bond acceptors (Lipinski definition) is 3. The molecule has 0 fully saturated rings. The summed E-state index contributed by atoms with van der Waals surface area (Å²) in [6, 6.07) is 8.98. The molecule has 1 aromatic carbocycles. The smallest absolute Gasteiger partial charge is 0.408 e. The van der Waals surface area contributed by atoms with E-state index in [1.165, 1.54) is 0 Å². The molecule has 1 heterocycles. The van der Waals surface area contributed by atoms with E-state index in [-0.39, 0.29) is 5.82 Å². The second-order valence-electron chi connectivity index (χ2n) is 4.62. The van der Waals surface area contributed by atoms with E-state index in [9.17, 15) is 9.41 Å². The van der Waals surface area contributed by atoms with Gasteiger partial charge < -0.3 is 10.3 Å². The molecular weight excluding hydrogens is 322 g/mol. The molecule has 0 radical (unpaired) electrons. The van der Waals surface area contributed by atoms with Gasteiger partial charge in [0.25, 0.3) is 0 Å². The predicted molar refractivity (Wildman–Crippen MR) is 83.2 cm³/mol. The Balaban J connectivity index is 2.01. The molecule has 0 aliphatic heterocycles. The van der Waals surface area contributed by atoms with Gasteiger partial charge in [-0.25, -0.2) is 9.37 Å². The van der Waals surface area contributed by atoms with E-state index >= 15 is 0 Å². The molecule has 0 unspecified atom stereocenters. The first-order valence-electron chi connectivity index (χ1n) is 6.38. The van der Waals surface area contributed by atoms with Gasteiger partial charge in [-0.05, 0) is 71.0 Å². The Labute approximate surface area is 126 Å². The molecule has 0 bridgehead atoms. The van der Waals surface area contributed by atoms with Gasteiger partial charge >= 0.3 is 7.05 Å². The van der Waals surface area contributed by atoms with E-state index in [1.54, 1.807) is 25.2 Å². The highest BCUT2D eigenvalue weighted by molar-refractivity contribution is 9.10. The summed E-state index contributed by atoms with van der Waals surface area (Å²) < 4.78 is 13.9. The Kier molecular flexibility index (Phi) is 5.14. The molecule has 2 N–H and O–H groups in total. The van der Waals surface area contributed by atoms with Crippen molar-refractivity contribution in [3.63, 3.8) is 0 Å². The first kappa shape index (κ1) is 15.0. The fraction of sp³-hybridized carbons (Fsp3) is 0.214. The Morgan fingerprint density at radius 3 is 2.60 bits per heavy atom. The summed E-state index contributed by atoms with van der Waals surface area (Å²) in [7, 11) is -0.640. The molecule has 0 saturated carbocycles. The minimum atomic E-state index is -0.640. The number of anilines is 1. The molecule has 2 rings (SSSR count). The molecule has 0 amide bonds. The van der Waals surface area contributed by atoms with E-state index in [1.807, 2.05) is 18.2 Å². The van der Waals surface area contributed by atoms with Gasteiger partial charge in [-0.2, -0.15) is 0 Å². The topological polar surface area (TPSA) is 45.1 Å². The quantitative estimate of drug-likeness (QED) is 0.823. The van der Waals surface area contributed by atoms with Crippen LogP contribution in [-0.2, 0) is 12.8 Å². The van der Waals surface area contributed by atoms with Crippen molar-refractivity contribution in [3.05, 3.63) is 57.9 Å². The second-order valence-corrected chi connectivity index (χ2v) is 5.47. The van der Waals surface area contributed by atoms with E-state index in [0.29, 0.717) is 10.3 Å². The maximum atomic E-state index is 13.4.